The molecule has 0 bridgehead atoms. The monoisotopic (exact) mass is 569 g/mol. The topological polar surface area (TPSA) is 106 Å². The molecular weight excluding hydrogens is 530 g/mol. The van der Waals surface area contributed by atoms with E-state index in [4.69, 9.17) is 14.2 Å². The normalized spacial score (nSPS) is 17.2. The first-order valence-electron chi connectivity index (χ1n) is 13.6. The van der Waals surface area contributed by atoms with Gasteiger partial charge in [-0.1, -0.05) is 19.9 Å². The van der Waals surface area contributed by atoms with Gasteiger partial charge in [0, 0.05) is 37.1 Å². The molecule has 0 radical (unpaired) electrons. The van der Waals surface area contributed by atoms with Gasteiger partial charge in [-0.15, -0.1) is 0 Å². The lowest BCUT2D eigenvalue weighted by molar-refractivity contribution is -0.132. The molecule has 1 heterocycles. The lowest BCUT2D eigenvalue weighted by atomic mass is 9.95. The number of fused-ring (bicyclic) bond motifs is 3. The molecule has 0 spiro atoms. The van der Waals surface area contributed by atoms with Gasteiger partial charge in [0.2, 0.25) is 23.0 Å². The molecule has 0 aromatic heterocycles. The van der Waals surface area contributed by atoms with Crippen LogP contribution >= 0.6 is 11.8 Å². The smallest absolute Gasteiger partial charge is 0.245 e. The fourth-order valence-corrected chi connectivity index (χ4v) is 6.39. The fraction of sp³-hybridized carbons (Fsp3) is 0.500. The standard InChI is InChI=1S/C30H39N3O6S/c1-17(2)27(30(36)33-11-13-40-14-12-33)32-23-10-8-20-21(16-24(23)35)22(31-18(3)34)9-7-19-15-25(37-4)28(38-5)29(39-6)26(19)20/h8,10,15-17,22,27H,7,9,11-14H2,1-6H3,(H,31,34)(H,32,35)/t22-,27+/m1/s1. The third kappa shape index (κ3) is 6.01. The van der Waals surface area contributed by atoms with Crippen molar-refractivity contribution in [3.63, 3.8) is 0 Å². The van der Waals surface area contributed by atoms with Crippen molar-refractivity contribution >= 4 is 29.3 Å². The van der Waals surface area contributed by atoms with E-state index in [1.807, 2.05) is 42.6 Å². The Morgan fingerprint density at radius 3 is 2.33 bits per heavy atom. The molecule has 1 aliphatic carbocycles. The van der Waals surface area contributed by atoms with E-state index in [0.717, 1.165) is 28.2 Å². The molecule has 2 aliphatic rings. The van der Waals surface area contributed by atoms with Crippen molar-refractivity contribution in [1.29, 1.82) is 0 Å². The number of nitrogens with one attached hydrogen (secondary N) is 2. The molecule has 2 aromatic rings. The first kappa shape index (κ1) is 29.6. The fourth-order valence-electron chi connectivity index (χ4n) is 5.49. The second-order valence-corrected chi connectivity index (χ2v) is 11.6. The molecule has 2 N–H and O–H groups in total. The van der Waals surface area contributed by atoms with Crippen LogP contribution in [0.1, 0.15) is 44.4 Å². The highest BCUT2D eigenvalue weighted by Gasteiger charge is 2.31. The van der Waals surface area contributed by atoms with Crippen molar-refractivity contribution in [1.82, 2.24) is 10.2 Å². The summed E-state index contributed by atoms with van der Waals surface area (Å²) in [7, 11) is 4.70. The predicted molar refractivity (Wildman–Crippen MR) is 159 cm³/mol. The van der Waals surface area contributed by atoms with Crippen LogP contribution in [0.2, 0.25) is 0 Å². The Balaban J connectivity index is 1.88. The first-order valence-corrected chi connectivity index (χ1v) is 14.8. The SMILES string of the molecule is COc1cc2c(c(OC)c1OC)-c1ccc(N[C@H](C(=O)N3CCSCC3)C(C)C)c(=O)cc1[C@H](NC(C)=O)CC2. The minimum Gasteiger partial charge on any atom is -0.493 e. The van der Waals surface area contributed by atoms with Gasteiger partial charge in [-0.05, 0) is 53.6 Å². The van der Waals surface area contributed by atoms with Crippen molar-refractivity contribution in [2.24, 2.45) is 5.92 Å². The molecule has 0 saturated carbocycles. The molecule has 1 fully saturated rings. The maximum absolute atomic E-state index is 13.7. The summed E-state index contributed by atoms with van der Waals surface area (Å²) in [5, 5.41) is 6.30. The van der Waals surface area contributed by atoms with E-state index in [9.17, 15) is 14.4 Å². The van der Waals surface area contributed by atoms with Gasteiger partial charge < -0.3 is 29.7 Å². The van der Waals surface area contributed by atoms with E-state index in [1.54, 1.807) is 33.5 Å². The number of rotatable bonds is 8. The number of thioether (sulfide) groups is 1. The summed E-state index contributed by atoms with van der Waals surface area (Å²) in [5.74, 6) is 3.09. The van der Waals surface area contributed by atoms with Gasteiger partial charge in [-0.2, -0.15) is 11.8 Å². The maximum Gasteiger partial charge on any atom is 0.245 e. The minimum atomic E-state index is -0.546. The summed E-state index contributed by atoms with van der Waals surface area (Å²) in [6, 6.07) is 6.14. The Kier molecular flexibility index (Phi) is 9.50. The van der Waals surface area contributed by atoms with Crippen molar-refractivity contribution in [2.75, 3.05) is 51.2 Å². The van der Waals surface area contributed by atoms with Crippen LogP contribution < -0.4 is 30.3 Å². The summed E-state index contributed by atoms with van der Waals surface area (Å²) in [4.78, 5) is 41.2. The van der Waals surface area contributed by atoms with Crippen LogP contribution in [0.3, 0.4) is 0 Å². The van der Waals surface area contributed by atoms with Crippen LogP contribution in [0.5, 0.6) is 17.2 Å². The maximum atomic E-state index is 13.7. The van der Waals surface area contributed by atoms with Crippen LogP contribution in [0, 0.1) is 5.92 Å². The molecule has 4 rings (SSSR count). The molecule has 0 unspecified atom stereocenters. The lowest BCUT2D eigenvalue weighted by Crippen LogP contribution is -2.49. The number of carbonyl (C=O) groups is 2. The van der Waals surface area contributed by atoms with E-state index >= 15 is 0 Å². The number of anilines is 1. The minimum absolute atomic E-state index is 0.00254. The van der Waals surface area contributed by atoms with E-state index < -0.39 is 12.1 Å². The predicted octanol–water partition coefficient (Wildman–Crippen LogP) is 3.87. The number of nitrogens with zero attached hydrogens (tertiary/aromatic N) is 1. The number of carbonyl (C=O) groups excluding carboxylic acids is 2. The van der Waals surface area contributed by atoms with Crippen molar-refractivity contribution in [3.05, 3.63) is 45.6 Å². The molecule has 2 amide bonds. The first-order chi connectivity index (χ1) is 19.2. The lowest BCUT2D eigenvalue weighted by Gasteiger charge is -2.32. The summed E-state index contributed by atoms with van der Waals surface area (Å²) >= 11 is 1.84. The molecule has 40 heavy (non-hydrogen) atoms. The largest absolute Gasteiger partial charge is 0.493 e. The molecule has 1 saturated heterocycles. The number of hydrogen-bond donors (Lipinski definition) is 2. The van der Waals surface area contributed by atoms with Crippen LogP contribution in [0.4, 0.5) is 5.69 Å². The highest BCUT2D eigenvalue weighted by molar-refractivity contribution is 7.99. The van der Waals surface area contributed by atoms with Gasteiger partial charge >= 0.3 is 0 Å². The average Bonchev–Trinajstić information content (AvgIpc) is 3.18. The number of methoxy groups -OCH3 is 3. The van der Waals surface area contributed by atoms with Gasteiger partial charge in [0.15, 0.2) is 11.5 Å². The summed E-state index contributed by atoms with van der Waals surface area (Å²) in [6.07, 6.45) is 1.19. The van der Waals surface area contributed by atoms with Gasteiger partial charge in [-0.3, -0.25) is 14.4 Å². The van der Waals surface area contributed by atoms with Crippen LogP contribution in [0.25, 0.3) is 11.1 Å². The number of benzene rings is 1. The zero-order valence-electron chi connectivity index (χ0n) is 24.1. The van der Waals surface area contributed by atoms with Crippen molar-refractivity contribution in [3.8, 4) is 28.4 Å². The van der Waals surface area contributed by atoms with Gasteiger partial charge in [-0.25, -0.2) is 0 Å². The Morgan fingerprint density at radius 1 is 1.02 bits per heavy atom. The molecule has 1 aliphatic heterocycles. The molecule has 2 atom stereocenters. The van der Waals surface area contributed by atoms with Crippen molar-refractivity contribution < 1.29 is 23.8 Å². The zero-order chi connectivity index (χ0) is 29.0. The third-order valence-corrected chi connectivity index (χ3v) is 8.42. The number of ether oxygens (including phenoxy) is 3. The van der Waals surface area contributed by atoms with Gasteiger partial charge in [0.25, 0.3) is 0 Å². The van der Waals surface area contributed by atoms with E-state index in [-0.39, 0.29) is 23.2 Å². The van der Waals surface area contributed by atoms with Gasteiger partial charge in [0.1, 0.15) is 6.04 Å². The van der Waals surface area contributed by atoms with E-state index in [1.165, 1.54) is 6.92 Å². The zero-order valence-corrected chi connectivity index (χ0v) is 24.9. The third-order valence-electron chi connectivity index (χ3n) is 7.48. The van der Waals surface area contributed by atoms with E-state index in [0.29, 0.717) is 54.4 Å². The Morgan fingerprint density at radius 2 is 1.73 bits per heavy atom. The summed E-state index contributed by atoms with van der Waals surface area (Å²) < 4.78 is 17.1. The Labute approximate surface area is 239 Å². The Bertz CT molecular complexity index is 1330. The highest BCUT2D eigenvalue weighted by atomic mass is 32.2. The molecule has 2 aromatic carbocycles. The van der Waals surface area contributed by atoms with Crippen LogP contribution in [-0.4, -0.2) is 68.7 Å². The van der Waals surface area contributed by atoms with Crippen LogP contribution in [-0.2, 0) is 16.0 Å². The van der Waals surface area contributed by atoms with Gasteiger partial charge in [0.05, 0.1) is 33.1 Å². The number of hydrogen-bond acceptors (Lipinski definition) is 8. The second kappa shape index (κ2) is 12.8. The molecule has 216 valence electrons. The van der Waals surface area contributed by atoms with Crippen molar-refractivity contribution in [2.45, 2.75) is 45.7 Å². The average molecular weight is 570 g/mol. The molecule has 9 nitrogen and oxygen atoms in total. The second-order valence-electron chi connectivity index (χ2n) is 10.4. The Hall–Kier alpha value is -3.40. The number of aryl methyl sites for hydroxylation is 1. The molecule has 10 heteroatoms. The summed E-state index contributed by atoms with van der Waals surface area (Å²) in [6.45, 7) is 6.83. The highest BCUT2D eigenvalue weighted by Crippen LogP contribution is 2.50. The van der Waals surface area contributed by atoms with E-state index in [2.05, 4.69) is 10.6 Å². The summed E-state index contributed by atoms with van der Waals surface area (Å²) in [5.41, 5.74) is 3.23. The number of amides is 2. The quantitative estimate of drug-likeness (QED) is 0.494. The molecular formula is C30H39N3O6S. The van der Waals surface area contributed by atoms with Crippen LogP contribution in [0.15, 0.2) is 29.1 Å².